The van der Waals surface area contributed by atoms with E-state index >= 15 is 0 Å². The van der Waals surface area contributed by atoms with Crippen LogP contribution < -0.4 is 14.9 Å². The van der Waals surface area contributed by atoms with Gasteiger partial charge in [-0.05, 0) is 55.7 Å². The third-order valence-electron chi connectivity index (χ3n) is 4.18. The van der Waals surface area contributed by atoms with Crippen molar-refractivity contribution in [1.29, 1.82) is 0 Å². The highest BCUT2D eigenvalue weighted by Gasteiger charge is 2.40. The molecule has 0 aliphatic heterocycles. The predicted molar refractivity (Wildman–Crippen MR) is 104 cm³/mol. The van der Waals surface area contributed by atoms with Gasteiger partial charge in [-0.2, -0.15) is 13.2 Å². The SMILES string of the molecule is CCCOc1ccc2c(=O)c(Oc3cc(C)c(Cl)c(C)c3)c(C(F)(F)F)oc2c1. The largest absolute Gasteiger partial charge is 0.493 e. The summed E-state index contributed by atoms with van der Waals surface area (Å²) < 4.78 is 56.7. The molecular weight excluding hydrogens is 409 g/mol. The highest BCUT2D eigenvalue weighted by atomic mass is 35.5. The van der Waals surface area contributed by atoms with Gasteiger partial charge in [0.25, 0.3) is 5.76 Å². The number of benzene rings is 2. The van der Waals surface area contributed by atoms with Crippen molar-refractivity contribution in [2.24, 2.45) is 0 Å². The Morgan fingerprint density at radius 1 is 1.07 bits per heavy atom. The molecule has 0 atom stereocenters. The summed E-state index contributed by atoms with van der Waals surface area (Å²) in [5.74, 6) is -2.06. The fraction of sp³-hybridized carbons (Fsp3) is 0.286. The first-order valence-corrected chi connectivity index (χ1v) is 9.25. The number of hydrogen-bond donors (Lipinski definition) is 0. The number of aryl methyl sites for hydroxylation is 2. The lowest BCUT2D eigenvalue weighted by Crippen LogP contribution is -2.15. The van der Waals surface area contributed by atoms with Crippen LogP contribution in [0.4, 0.5) is 13.2 Å². The average molecular weight is 427 g/mol. The molecule has 1 aromatic heterocycles. The lowest BCUT2D eigenvalue weighted by molar-refractivity contribution is -0.154. The summed E-state index contributed by atoms with van der Waals surface area (Å²) >= 11 is 6.09. The van der Waals surface area contributed by atoms with Crippen molar-refractivity contribution in [2.75, 3.05) is 6.61 Å². The van der Waals surface area contributed by atoms with Gasteiger partial charge in [0.05, 0.1) is 12.0 Å². The maximum Gasteiger partial charge on any atom is 0.453 e. The Balaban J connectivity index is 2.17. The smallest absolute Gasteiger partial charge is 0.453 e. The standard InChI is InChI=1S/C21H18ClF3O4/c1-4-7-27-13-5-6-15-16(10-13)29-20(21(23,24)25)19(18(15)26)28-14-8-11(2)17(22)12(3)9-14/h5-6,8-10H,4,7H2,1-3H3. The Kier molecular flexibility index (Phi) is 5.80. The normalized spacial score (nSPS) is 11.7. The molecule has 29 heavy (non-hydrogen) atoms. The molecular formula is C21H18ClF3O4. The summed E-state index contributed by atoms with van der Waals surface area (Å²) in [5.41, 5.74) is 0.0638. The van der Waals surface area contributed by atoms with Crippen LogP contribution in [-0.4, -0.2) is 6.61 Å². The van der Waals surface area contributed by atoms with Gasteiger partial charge in [0.15, 0.2) is 0 Å². The Morgan fingerprint density at radius 3 is 2.31 bits per heavy atom. The molecule has 8 heteroatoms. The second-order valence-electron chi connectivity index (χ2n) is 6.57. The van der Waals surface area contributed by atoms with Gasteiger partial charge in [-0.3, -0.25) is 4.79 Å². The number of rotatable bonds is 5. The van der Waals surface area contributed by atoms with Gasteiger partial charge in [0.1, 0.15) is 17.1 Å². The topological polar surface area (TPSA) is 48.7 Å². The van der Waals surface area contributed by atoms with Crippen molar-refractivity contribution in [3.05, 3.63) is 62.5 Å². The zero-order valence-electron chi connectivity index (χ0n) is 15.9. The van der Waals surface area contributed by atoms with Crippen LogP contribution in [0, 0.1) is 13.8 Å². The van der Waals surface area contributed by atoms with Gasteiger partial charge in [-0.15, -0.1) is 0 Å². The van der Waals surface area contributed by atoms with Crippen LogP contribution in [0.1, 0.15) is 30.2 Å². The minimum Gasteiger partial charge on any atom is -0.493 e. The Bertz CT molecular complexity index is 1100. The summed E-state index contributed by atoms with van der Waals surface area (Å²) in [6.45, 7) is 5.66. The maximum atomic E-state index is 13.6. The van der Waals surface area contributed by atoms with Gasteiger partial charge in [-0.25, -0.2) is 0 Å². The summed E-state index contributed by atoms with van der Waals surface area (Å²) in [6, 6.07) is 7.05. The predicted octanol–water partition coefficient (Wildman–Crippen LogP) is 6.66. The highest BCUT2D eigenvalue weighted by Crippen LogP contribution is 2.39. The molecule has 0 radical (unpaired) electrons. The molecule has 0 fully saturated rings. The number of ether oxygens (including phenoxy) is 2. The van der Waals surface area contributed by atoms with Crippen molar-refractivity contribution >= 4 is 22.6 Å². The second kappa shape index (κ2) is 7.99. The van der Waals surface area contributed by atoms with E-state index in [-0.39, 0.29) is 16.7 Å². The minimum absolute atomic E-state index is 0.0424. The van der Waals surface area contributed by atoms with E-state index in [1.807, 2.05) is 6.92 Å². The van der Waals surface area contributed by atoms with Gasteiger partial charge < -0.3 is 13.9 Å². The van der Waals surface area contributed by atoms with E-state index in [0.717, 1.165) is 6.42 Å². The summed E-state index contributed by atoms with van der Waals surface area (Å²) in [4.78, 5) is 12.8. The van der Waals surface area contributed by atoms with Gasteiger partial charge in [-0.1, -0.05) is 18.5 Å². The summed E-state index contributed by atoms with van der Waals surface area (Å²) in [7, 11) is 0. The third-order valence-corrected chi connectivity index (χ3v) is 4.78. The third kappa shape index (κ3) is 4.34. The molecule has 3 aromatic rings. The van der Waals surface area contributed by atoms with E-state index in [9.17, 15) is 18.0 Å². The molecule has 0 bridgehead atoms. The van der Waals surface area contributed by atoms with Crippen molar-refractivity contribution < 1.29 is 27.1 Å². The zero-order valence-corrected chi connectivity index (χ0v) is 16.7. The van der Waals surface area contributed by atoms with Crippen molar-refractivity contribution in [3.8, 4) is 17.2 Å². The maximum absolute atomic E-state index is 13.6. The first kappa shape index (κ1) is 21.0. The van der Waals surface area contributed by atoms with Crippen LogP contribution in [0.2, 0.25) is 5.02 Å². The average Bonchev–Trinajstić information content (AvgIpc) is 2.65. The van der Waals surface area contributed by atoms with Crippen molar-refractivity contribution in [3.63, 3.8) is 0 Å². The van der Waals surface area contributed by atoms with Crippen LogP contribution in [0.3, 0.4) is 0 Å². The Morgan fingerprint density at radius 2 is 1.72 bits per heavy atom. The molecule has 0 spiro atoms. The number of halogens is 4. The molecule has 0 N–H and O–H groups in total. The lowest BCUT2D eigenvalue weighted by Gasteiger charge is -2.15. The number of fused-ring (bicyclic) bond motifs is 1. The fourth-order valence-corrected chi connectivity index (χ4v) is 2.94. The molecule has 0 saturated carbocycles. The Hall–Kier alpha value is -2.67. The van der Waals surface area contributed by atoms with E-state index in [1.54, 1.807) is 13.8 Å². The van der Waals surface area contributed by atoms with E-state index in [0.29, 0.717) is 28.5 Å². The van der Waals surface area contributed by atoms with Gasteiger partial charge in [0.2, 0.25) is 11.2 Å². The van der Waals surface area contributed by atoms with E-state index < -0.39 is 23.1 Å². The summed E-state index contributed by atoms with van der Waals surface area (Å²) in [6.07, 6.45) is -4.21. The first-order chi connectivity index (χ1) is 13.6. The van der Waals surface area contributed by atoms with Crippen LogP contribution in [0.25, 0.3) is 11.0 Å². The second-order valence-corrected chi connectivity index (χ2v) is 6.94. The Labute approximate surface area is 169 Å². The molecule has 0 aliphatic rings. The number of alkyl halides is 3. The lowest BCUT2D eigenvalue weighted by atomic mass is 10.1. The van der Waals surface area contributed by atoms with Crippen LogP contribution in [0.15, 0.2) is 39.5 Å². The van der Waals surface area contributed by atoms with Crippen LogP contribution in [-0.2, 0) is 6.18 Å². The molecule has 0 aliphatic carbocycles. The van der Waals surface area contributed by atoms with Gasteiger partial charge >= 0.3 is 6.18 Å². The van der Waals surface area contributed by atoms with Crippen molar-refractivity contribution in [1.82, 2.24) is 0 Å². The molecule has 0 saturated heterocycles. The van der Waals surface area contributed by atoms with Crippen molar-refractivity contribution in [2.45, 2.75) is 33.4 Å². The van der Waals surface area contributed by atoms with E-state index in [2.05, 4.69) is 0 Å². The molecule has 1 heterocycles. The molecule has 2 aromatic carbocycles. The summed E-state index contributed by atoms with van der Waals surface area (Å²) in [5, 5.41) is 0.429. The van der Waals surface area contributed by atoms with Crippen LogP contribution >= 0.6 is 11.6 Å². The quantitative estimate of drug-likeness (QED) is 0.457. The molecule has 3 rings (SSSR count). The van der Waals surface area contributed by atoms with E-state index in [1.165, 1.54) is 30.3 Å². The molecule has 4 nitrogen and oxygen atoms in total. The van der Waals surface area contributed by atoms with Crippen LogP contribution in [0.5, 0.6) is 17.2 Å². The molecule has 0 unspecified atom stereocenters. The van der Waals surface area contributed by atoms with E-state index in [4.69, 9.17) is 25.5 Å². The first-order valence-electron chi connectivity index (χ1n) is 8.87. The zero-order chi connectivity index (χ0) is 21.3. The highest BCUT2D eigenvalue weighted by molar-refractivity contribution is 6.32. The monoisotopic (exact) mass is 426 g/mol. The molecule has 154 valence electrons. The molecule has 0 amide bonds. The number of hydrogen-bond acceptors (Lipinski definition) is 4. The fourth-order valence-electron chi connectivity index (χ4n) is 2.83. The minimum atomic E-state index is -4.93. The van der Waals surface area contributed by atoms with Gasteiger partial charge in [0, 0.05) is 11.1 Å².